The van der Waals surface area contributed by atoms with E-state index in [0.29, 0.717) is 24.2 Å². The van der Waals surface area contributed by atoms with E-state index in [1.165, 1.54) is 91.8 Å². The fraction of sp³-hybridized carbons (Fsp3) is 0.447. The molecular formula is C47H62N4OsP2+2. The first kappa shape index (κ1) is 43.1. The molecular weight excluding hydrogens is 873 g/mol. The molecule has 4 fully saturated rings. The Bertz CT molecular complexity index is 1380. The van der Waals surface area contributed by atoms with Crippen LogP contribution in [0, 0.1) is 5.92 Å². The smallest absolute Gasteiger partial charge is 0.661 e. The molecule has 0 amide bonds. The molecule has 0 spiro atoms. The molecule has 4 aromatic rings. The van der Waals surface area contributed by atoms with Crippen LogP contribution < -0.4 is 21.2 Å². The number of hydrogen-bond acceptors (Lipinski definition) is 0. The van der Waals surface area contributed by atoms with Crippen molar-refractivity contribution in [1.29, 1.82) is 0 Å². The molecule has 4 aliphatic heterocycles. The van der Waals surface area contributed by atoms with E-state index in [-0.39, 0.29) is 19.8 Å². The zero-order valence-corrected chi connectivity index (χ0v) is 36.9. The Morgan fingerprint density at radius 1 is 0.407 bits per heavy atom. The number of piperidine rings is 4. The van der Waals surface area contributed by atoms with Crippen molar-refractivity contribution in [2.24, 2.45) is 5.92 Å². The Morgan fingerprint density at radius 3 is 1.02 bits per heavy atom. The zero-order valence-electron chi connectivity index (χ0n) is 32.3. The summed E-state index contributed by atoms with van der Waals surface area (Å²) < 4.78 is 0. The number of nitrogens with zero attached hydrogens (tertiary/aromatic N) is 4. The van der Waals surface area contributed by atoms with Crippen LogP contribution in [0.1, 0.15) is 77.6 Å². The Morgan fingerprint density at radius 2 is 0.722 bits per heavy atom. The minimum atomic E-state index is -0.964. The molecule has 7 heteroatoms. The van der Waals surface area contributed by atoms with Gasteiger partial charge in [0.2, 0.25) is 0 Å². The predicted octanol–water partition coefficient (Wildman–Crippen LogP) is 11.1. The van der Waals surface area contributed by atoms with Crippen LogP contribution in [0.4, 0.5) is 0 Å². The van der Waals surface area contributed by atoms with Crippen molar-refractivity contribution in [3.8, 4) is 0 Å². The molecule has 0 saturated carbocycles. The third-order valence-electron chi connectivity index (χ3n) is 11.1. The molecule has 286 valence electrons. The molecule has 4 aliphatic rings. The monoisotopic (exact) mass is 936 g/mol. The van der Waals surface area contributed by atoms with Crippen molar-refractivity contribution in [3.63, 3.8) is 0 Å². The van der Waals surface area contributed by atoms with Crippen LogP contribution in [0.25, 0.3) is 21.3 Å². The molecule has 54 heavy (non-hydrogen) atoms. The van der Waals surface area contributed by atoms with Crippen LogP contribution >= 0.6 is 15.8 Å². The Kier molecular flexibility index (Phi) is 19.6. The molecule has 0 aliphatic carbocycles. The van der Waals surface area contributed by atoms with Gasteiger partial charge < -0.3 is 21.3 Å². The first-order valence-corrected chi connectivity index (χ1v) is 23.7. The topological polar surface area (TPSA) is 56.4 Å². The van der Waals surface area contributed by atoms with Gasteiger partial charge in [0.1, 0.15) is 32.9 Å². The van der Waals surface area contributed by atoms with Crippen LogP contribution in [0.3, 0.4) is 0 Å². The molecule has 4 nitrogen and oxygen atoms in total. The third-order valence-corrected chi connectivity index (χ3v) is 16.2. The molecule has 0 N–H and O–H groups in total. The first-order chi connectivity index (χ1) is 26.2. The Hall–Kier alpha value is -2.04. The van der Waals surface area contributed by atoms with Crippen molar-refractivity contribution in [2.75, 3.05) is 26.2 Å². The van der Waals surface area contributed by atoms with E-state index in [0.717, 1.165) is 32.1 Å². The van der Waals surface area contributed by atoms with Gasteiger partial charge in [-0.25, -0.2) is 0 Å². The van der Waals surface area contributed by atoms with Gasteiger partial charge in [0.05, 0.1) is 15.8 Å². The van der Waals surface area contributed by atoms with Gasteiger partial charge in [-0.1, -0.05) is 150 Å². The standard InChI is InChI=1S/C26H22P2.C11H20N2.C10H18N2.Os/c1-5-13-23(14-6-1)27(24-15-7-2-8-16-24)21-22-28(25-17-9-3-10-18-25)26-19-11-4-12-20-26;1-9-5-7-13-11(8-9)10-4-2-3-6-12-10;1-3-7-11-9(5-1)10-6-2-4-8-12-10;/h1-22H;9-11H,2-8H2,1H3;9-10H,1-8H2;/q;2*-2;+4/p+2/b22-21-;;;. The maximum absolute atomic E-state index is 4.71. The molecule has 0 bridgehead atoms. The van der Waals surface area contributed by atoms with Gasteiger partial charge in [0.15, 0.2) is 0 Å². The van der Waals surface area contributed by atoms with Gasteiger partial charge in [-0.3, -0.25) is 0 Å². The van der Waals surface area contributed by atoms with Crippen LogP contribution in [-0.4, -0.2) is 50.3 Å². The summed E-state index contributed by atoms with van der Waals surface area (Å²) in [7, 11) is -1.93. The summed E-state index contributed by atoms with van der Waals surface area (Å²) in [6.45, 7) is 6.71. The van der Waals surface area contributed by atoms with E-state index in [2.05, 4.69) is 151 Å². The second kappa shape index (κ2) is 24.6. The summed E-state index contributed by atoms with van der Waals surface area (Å²) in [6.07, 6.45) is 14.5. The van der Waals surface area contributed by atoms with E-state index >= 15 is 0 Å². The third kappa shape index (κ3) is 13.9. The number of rotatable bonds is 8. The van der Waals surface area contributed by atoms with Crippen LogP contribution in [0.2, 0.25) is 0 Å². The van der Waals surface area contributed by atoms with Crippen LogP contribution in [0.5, 0.6) is 0 Å². The molecule has 5 unspecified atom stereocenters. The van der Waals surface area contributed by atoms with E-state index in [1.807, 2.05) is 0 Å². The summed E-state index contributed by atoms with van der Waals surface area (Å²) in [5.74, 6) is 5.88. The first-order valence-electron chi connectivity index (χ1n) is 20.5. The van der Waals surface area contributed by atoms with Crippen molar-refractivity contribution in [2.45, 2.75) is 102 Å². The largest absolute Gasteiger partial charge is 4.00 e. The van der Waals surface area contributed by atoms with Crippen molar-refractivity contribution in [1.82, 2.24) is 0 Å². The van der Waals surface area contributed by atoms with E-state index in [9.17, 15) is 0 Å². The molecule has 0 radical (unpaired) electrons. The van der Waals surface area contributed by atoms with Gasteiger partial charge >= 0.3 is 19.8 Å². The minimum absolute atomic E-state index is 0. The summed E-state index contributed by atoms with van der Waals surface area (Å²) >= 11 is 0. The van der Waals surface area contributed by atoms with Crippen molar-refractivity contribution in [3.05, 3.63) is 154 Å². The normalized spacial score (nSPS) is 24.4. The Balaban J connectivity index is 0.000000178. The Labute approximate surface area is 343 Å². The SMILES string of the molecule is C(=C/[PH+](c1ccccc1)c1ccccc1)/[PH+](c1ccccc1)c1ccccc1.C1CCC(C2CCCC[N-]2)[N-]C1.CC1CC[N-]C(C2CCCC[N-]2)C1.[Os+4]. The zero-order chi connectivity index (χ0) is 36.3. The predicted molar refractivity (Wildman–Crippen MR) is 238 cm³/mol. The van der Waals surface area contributed by atoms with Gasteiger partial charge in [0.25, 0.3) is 0 Å². The van der Waals surface area contributed by atoms with Gasteiger partial charge in [0, 0.05) is 0 Å². The van der Waals surface area contributed by atoms with Crippen LogP contribution in [-0.2, 0) is 19.8 Å². The summed E-state index contributed by atoms with van der Waals surface area (Å²) in [5, 5.41) is 24.4. The fourth-order valence-electron chi connectivity index (χ4n) is 8.08. The van der Waals surface area contributed by atoms with E-state index in [4.69, 9.17) is 10.6 Å². The van der Waals surface area contributed by atoms with Crippen molar-refractivity contribution < 1.29 is 19.8 Å². The molecule has 8 rings (SSSR count). The number of hydrogen-bond donors (Lipinski definition) is 0. The molecule has 4 saturated heterocycles. The molecule has 5 atom stereocenters. The average Bonchev–Trinajstić information content (AvgIpc) is 3.25. The van der Waals surface area contributed by atoms with Gasteiger partial charge in [-0.15, -0.1) is 26.2 Å². The summed E-state index contributed by atoms with van der Waals surface area (Å²) in [6, 6.07) is 46.1. The summed E-state index contributed by atoms with van der Waals surface area (Å²) in [4.78, 5) is 0. The maximum atomic E-state index is 4.71. The van der Waals surface area contributed by atoms with Crippen LogP contribution in [0.15, 0.2) is 133 Å². The second-order valence-electron chi connectivity index (χ2n) is 15.1. The number of benzene rings is 4. The maximum Gasteiger partial charge on any atom is 4.00 e. The molecule has 0 aromatic heterocycles. The van der Waals surface area contributed by atoms with E-state index < -0.39 is 15.8 Å². The minimum Gasteiger partial charge on any atom is -0.661 e. The van der Waals surface area contributed by atoms with Crippen molar-refractivity contribution >= 4 is 37.1 Å². The molecule has 4 heterocycles. The fourth-order valence-corrected chi connectivity index (χ4v) is 13.1. The van der Waals surface area contributed by atoms with Gasteiger partial charge in [-0.2, -0.15) is 24.2 Å². The average molecular weight is 935 g/mol. The quantitative estimate of drug-likeness (QED) is 0.158. The molecule has 4 aromatic carbocycles. The summed E-state index contributed by atoms with van der Waals surface area (Å²) in [5.41, 5.74) is 0. The van der Waals surface area contributed by atoms with Gasteiger partial charge in [-0.05, 0) is 54.4 Å². The van der Waals surface area contributed by atoms with E-state index in [1.54, 1.807) is 0 Å². The second-order valence-corrected chi connectivity index (χ2v) is 19.8.